The fraction of sp³-hybridized carbons (Fsp3) is 0.522. The van der Waals surface area contributed by atoms with E-state index in [-0.39, 0.29) is 17.7 Å². The van der Waals surface area contributed by atoms with E-state index in [0.717, 1.165) is 37.3 Å². The number of carbonyl (C=O) groups excluding carboxylic acids is 2. The Balaban J connectivity index is 1.28. The third kappa shape index (κ3) is 5.01. The molecule has 7 nitrogen and oxygen atoms in total. The van der Waals surface area contributed by atoms with Crippen LogP contribution in [0.25, 0.3) is 0 Å². The van der Waals surface area contributed by atoms with Gasteiger partial charge in [0, 0.05) is 38.9 Å². The zero-order valence-electron chi connectivity index (χ0n) is 17.4. The minimum atomic E-state index is -0.193. The van der Waals surface area contributed by atoms with Crippen molar-refractivity contribution < 1.29 is 14.0 Å². The van der Waals surface area contributed by atoms with Crippen LogP contribution in [-0.4, -0.2) is 47.9 Å². The van der Waals surface area contributed by atoms with E-state index < -0.39 is 0 Å². The maximum Gasteiger partial charge on any atom is 0.289 e. The normalized spacial score (nSPS) is 19.9. The Hall–Kier alpha value is -2.83. The topological polar surface area (TPSA) is 78.7 Å². The smallest absolute Gasteiger partial charge is 0.289 e. The number of amides is 2. The van der Waals surface area contributed by atoms with Gasteiger partial charge in [-0.05, 0) is 49.4 Å². The van der Waals surface area contributed by atoms with Crippen molar-refractivity contribution in [2.45, 2.75) is 45.1 Å². The quantitative estimate of drug-likeness (QED) is 0.819. The average molecular weight is 411 g/mol. The number of rotatable bonds is 5. The molecule has 2 aliphatic heterocycles. The summed E-state index contributed by atoms with van der Waals surface area (Å²) in [6.07, 6.45) is 10.00. The van der Waals surface area contributed by atoms with Gasteiger partial charge in [0.05, 0.1) is 12.2 Å². The van der Waals surface area contributed by atoms with Crippen molar-refractivity contribution in [3.05, 3.63) is 48.0 Å². The largest absolute Gasteiger partial charge is 0.459 e. The van der Waals surface area contributed by atoms with E-state index in [9.17, 15) is 9.59 Å². The van der Waals surface area contributed by atoms with Crippen molar-refractivity contribution in [1.82, 2.24) is 15.2 Å². The molecule has 0 bridgehead atoms. The summed E-state index contributed by atoms with van der Waals surface area (Å²) >= 11 is 0. The zero-order valence-corrected chi connectivity index (χ0v) is 17.4. The highest BCUT2D eigenvalue weighted by Crippen LogP contribution is 2.20. The highest BCUT2D eigenvalue weighted by molar-refractivity contribution is 5.92. The van der Waals surface area contributed by atoms with Crippen LogP contribution in [0.4, 0.5) is 5.82 Å². The van der Waals surface area contributed by atoms with Crippen LogP contribution in [0.1, 0.15) is 54.6 Å². The summed E-state index contributed by atoms with van der Waals surface area (Å²) in [4.78, 5) is 33.8. The minimum Gasteiger partial charge on any atom is -0.459 e. The first-order valence-corrected chi connectivity index (χ1v) is 11.0. The van der Waals surface area contributed by atoms with E-state index in [1.807, 2.05) is 12.3 Å². The van der Waals surface area contributed by atoms with E-state index in [2.05, 4.69) is 21.3 Å². The molecule has 2 aromatic heterocycles. The maximum absolute atomic E-state index is 12.7. The average Bonchev–Trinajstić information content (AvgIpc) is 3.20. The van der Waals surface area contributed by atoms with Gasteiger partial charge in [0.1, 0.15) is 5.82 Å². The van der Waals surface area contributed by atoms with Crippen molar-refractivity contribution in [3.8, 4) is 0 Å². The van der Waals surface area contributed by atoms with Crippen LogP contribution < -0.4 is 10.2 Å². The van der Waals surface area contributed by atoms with Gasteiger partial charge in [-0.3, -0.25) is 9.59 Å². The first-order chi connectivity index (χ1) is 14.7. The molecule has 4 rings (SSSR count). The number of piperidine rings is 1. The number of nitrogens with zero attached hydrogens (tertiary/aromatic N) is 3. The highest BCUT2D eigenvalue weighted by atomic mass is 16.3. The predicted molar refractivity (Wildman–Crippen MR) is 114 cm³/mol. The number of pyridine rings is 1. The SMILES string of the molecule is O=C(NCc1ccc(N2CCCCCC2)nc1)[C@H]1CCCN(C(=O)c2ccco2)C1. The monoisotopic (exact) mass is 410 g/mol. The summed E-state index contributed by atoms with van der Waals surface area (Å²) in [7, 11) is 0. The Bertz CT molecular complexity index is 827. The molecule has 0 aliphatic carbocycles. The highest BCUT2D eigenvalue weighted by Gasteiger charge is 2.29. The van der Waals surface area contributed by atoms with Gasteiger partial charge in [0.15, 0.2) is 5.76 Å². The molecule has 2 aromatic rings. The molecular formula is C23H30N4O3. The van der Waals surface area contributed by atoms with Crippen molar-refractivity contribution in [2.75, 3.05) is 31.1 Å². The van der Waals surface area contributed by atoms with Gasteiger partial charge in [0.2, 0.25) is 5.91 Å². The number of nitrogens with one attached hydrogen (secondary N) is 1. The number of hydrogen-bond acceptors (Lipinski definition) is 5. The number of hydrogen-bond donors (Lipinski definition) is 1. The number of anilines is 1. The van der Waals surface area contributed by atoms with Crippen molar-refractivity contribution >= 4 is 17.6 Å². The second-order valence-corrected chi connectivity index (χ2v) is 8.21. The van der Waals surface area contributed by atoms with Crippen LogP contribution in [0.3, 0.4) is 0 Å². The van der Waals surface area contributed by atoms with Gasteiger partial charge in [-0.25, -0.2) is 4.98 Å². The summed E-state index contributed by atoms with van der Waals surface area (Å²) in [5.74, 6) is 0.995. The Kier molecular flexibility index (Phi) is 6.67. The lowest BCUT2D eigenvalue weighted by molar-refractivity contribution is -0.126. The van der Waals surface area contributed by atoms with E-state index in [4.69, 9.17) is 4.42 Å². The summed E-state index contributed by atoms with van der Waals surface area (Å²) in [5, 5.41) is 3.02. The molecule has 0 spiro atoms. The lowest BCUT2D eigenvalue weighted by Gasteiger charge is -2.31. The summed E-state index contributed by atoms with van der Waals surface area (Å²) in [6, 6.07) is 7.46. The van der Waals surface area contributed by atoms with Crippen molar-refractivity contribution in [1.29, 1.82) is 0 Å². The molecule has 2 saturated heterocycles. The van der Waals surface area contributed by atoms with E-state index in [0.29, 0.717) is 25.4 Å². The molecule has 0 aromatic carbocycles. The minimum absolute atomic E-state index is 0.0106. The lowest BCUT2D eigenvalue weighted by Crippen LogP contribution is -2.45. The van der Waals surface area contributed by atoms with Gasteiger partial charge in [0.25, 0.3) is 5.91 Å². The molecule has 0 unspecified atom stereocenters. The van der Waals surface area contributed by atoms with E-state index >= 15 is 0 Å². The number of carbonyl (C=O) groups is 2. The second kappa shape index (κ2) is 9.78. The van der Waals surface area contributed by atoms with Crippen LogP contribution in [0, 0.1) is 5.92 Å². The van der Waals surface area contributed by atoms with Crippen LogP contribution in [0.5, 0.6) is 0 Å². The number of aromatic nitrogens is 1. The molecule has 7 heteroatoms. The standard InChI is InChI=1S/C23H30N4O3/c28-22(19-7-5-13-27(17-19)23(29)20-8-6-14-30-20)25-16-18-9-10-21(24-15-18)26-11-3-1-2-4-12-26/h6,8-10,14-15,19H,1-5,7,11-13,16-17H2,(H,25,28)/t19-/m0/s1. The Morgan fingerprint density at radius 1 is 1.07 bits per heavy atom. The fourth-order valence-corrected chi connectivity index (χ4v) is 4.27. The molecule has 1 N–H and O–H groups in total. The third-order valence-electron chi connectivity index (χ3n) is 6.02. The van der Waals surface area contributed by atoms with Crippen molar-refractivity contribution in [2.24, 2.45) is 5.92 Å². The third-order valence-corrected chi connectivity index (χ3v) is 6.02. The van der Waals surface area contributed by atoms with Crippen LogP contribution in [0.15, 0.2) is 41.1 Å². The molecule has 30 heavy (non-hydrogen) atoms. The first kappa shape index (κ1) is 20.4. The van der Waals surface area contributed by atoms with Crippen LogP contribution in [-0.2, 0) is 11.3 Å². The Morgan fingerprint density at radius 2 is 1.90 bits per heavy atom. The molecular weight excluding hydrogens is 380 g/mol. The molecule has 160 valence electrons. The molecule has 1 atom stereocenters. The molecule has 2 fully saturated rings. The Labute approximate surface area is 177 Å². The zero-order chi connectivity index (χ0) is 20.8. The van der Waals surface area contributed by atoms with Gasteiger partial charge >= 0.3 is 0 Å². The van der Waals surface area contributed by atoms with E-state index in [1.54, 1.807) is 17.0 Å². The first-order valence-electron chi connectivity index (χ1n) is 11.0. The molecule has 2 amide bonds. The molecule has 2 aliphatic rings. The van der Waals surface area contributed by atoms with Gasteiger partial charge < -0.3 is 19.5 Å². The fourth-order valence-electron chi connectivity index (χ4n) is 4.27. The summed E-state index contributed by atoms with van der Waals surface area (Å²) in [6.45, 7) is 3.67. The van der Waals surface area contributed by atoms with E-state index in [1.165, 1.54) is 31.9 Å². The molecule has 0 saturated carbocycles. The van der Waals surface area contributed by atoms with Crippen molar-refractivity contribution in [3.63, 3.8) is 0 Å². The van der Waals surface area contributed by atoms with Crippen LogP contribution >= 0.6 is 0 Å². The molecule has 0 radical (unpaired) electrons. The van der Waals surface area contributed by atoms with Gasteiger partial charge in [-0.15, -0.1) is 0 Å². The Morgan fingerprint density at radius 3 is 2.60 bits per heavy atom. The summed E-state index contributed by atoms with van der Waals surface area (Å²) < 4.78 is 5.21. The number of furan rings is 1. The molecule has 4 heterocycles. The maximum atomic E-state index is 12.7. The van der Waals surface area contributed by atoms with Gasteiger partial charge in [-0.1, -0.05) is 18.9 Å². The summed E-state index contributed by atoms with van der Waals surface area (Å²) in [5.41, 5.74) is 0.987. The lowest BCUT2D eigenvalue weighted by atomic mass is 9.97. The second-order valence-electron chi connectivity index (χ2n) is 8.21. The van der Waals surface area contributed by atoms with Gasteiger partial charge in [-0.2, -0.15) is 0 Å². The van der Waals surface area contributed by atoms with Crippen LogP contribution in [0.2, 0.25) is 0 Å². The predicted octanol–water partition coefficient (Wildman–Crippen LogP) is 3.22. The number of likely N-dealkylation sites (tertiary alicyclic amines) is 1.